The summed E-state index contributed by atoms with van der Waals surface area (Å²) in [6, 6.07) is 10.0. The SMILES string of the molecule is CCCCCC([O-])=C1C=CC=C1.[Fe+2].c1cc[cH-]c1. The van der Waals surface area contributed by atoms with Crippen LogP contribution in [0.25, 0.3) is 0 Å². The van der Waals surface area contributed by atoms with Gasteiger partial charge in [0, 0.05) is 0 Å². The molecule has 2 heteroatoms. The Morgan fingerprint density at radius 3 is 2.17 bits per heavy atom. The summed E-state index contributed by atoms with van der Waals surface area (Å²) >= 11 is 0. The first-order valence-corrected chi connectivity index (χ1v) is 6.26. The van der Waals surface area contributed by atoms with E-state index in [0.717, 1.165) is 18.4 Å². The van der Waals surface area contributed by atoms with Crippen LogP contribution in [-0.2, 0) is 17.1 Å². The van der Waals surface area contributed by atoms with E-state index < -0.39 is 0 Å². The predicted octanol–water partition coefficient (Wildman–Crippen LogP) is 3.71. The molecule has 98 valence electrons. The molecule has 0 radical (unpaired) electrons. The number of hydrogen-bond donors (Lipinski definition) is 0. The van der Waals surface area contributed by atoms with Gasteiger partial charge in [0.25, 0.3) is 0 Å². The smallest absolute Gasteiger partial charge is 0.875 e. The molecule has 0 fully saturated rings. The summed E-state index contributed by atoms with van der Waals surface area (Å²) in [7, 11) is 0. The van der Waals surface area contributed by atoms with Gasteiger partial charge in [-0.3, -0.25) is 0 Å². The van der Waals surface area contributed by atoms with Crippen molar-refractivity contribution in [2.75, 3.05) is 0 Å². The second-order valence-corrected chi connectivity index (χ2v) is 4.02. The van der Waals surface area contributed by atoms with E-state index in [1.54, 1.807) is 0 Å². The molecule has 18 heavy (non-hydrogen) atoms. The third kappa shape index (κ3) is 7.26. The zero-order chi connectivity index (χ0) is 12.3. The van der Waals surface area contributed by atoms with E-state index in [-0.39, 0.29) is 22.8 Å². The van der Waals surface area contributed by atoms with Crippen LogP contribution in [0.4, 0.5) is 0 Å². The van der Waals surface area contributed by atoms with E-state index in [4.69, 9.17) is 0 Å². The van der Waals surface area contributed by atoms with Crippen molar-refractivity contribution in [1.82, 2.24) is 0 Å². The van der Waals surface area contributed by atoms with Crippen LogP contribution in [0.3, 0.4) is 0 Å². The summed E-state index contributed by atoms with van der Waals surface area (Å²) < 4.78 is 0. The first kappa shape index (κ1) is 16.9. The fourth-order valence-corrected chi connectivity index (χ4v) is 1.56. The quantitative estimate of drug-likeness (QED) is 0.358. The van der Waals surface area contributed by atoms with Crippen molar-refractivity contribution < 1.29 is 22.2 Å². The third-order valence-corrected chi connectivity index (χ3v) is 2.55. The van der Waals surface area contributed by atoms with Crippen LogP contribution in [0, 0.1) is 0 Å². The molecule has 0 heterocycles. The molecule has 1 aliphatic rings. The van der Waals surface area contributed by atoms with Crippen molar-refractivity contribution in [2.45, 2.75) is 32.6 Å². The second kappa shape index (κ2) is 11.0. The minimum Gasteiger partial charge on any atom is -0.875 e. The molecule has 0 unspecified atom stereocenters. The number of hydrogen-bond acceptors (Lipinski definition) is 1. The van der Waals surface area contributed by atoms with Gasteiger partial charge in [0.15, 0.2) is 0 Å². The molecule has 0 aliphatic heterocycles. The Balaban J connectivity index is 0.000000405. The fraction of sp³-hybridized carbons (Fsp3) is 0.312. The van der Waals surface area contributed by atoms with Crippen LogP contribution in [0.1, 0.15) is 32.6 Å². The molecule has 1 aliphatic carbocycles. The number of rotatable bonds is 4. The molecule has 0 spiro atoms. The molecule has 0 saturated heterocycles. The maximum atomic E-state index is 11.4. The predicted molar refractivity (Wildman–Crippen MR) is 71.5 cm³/mol. The van der Waals surface area contributed by atoms with E-state index in [1.165, 1.54) is 6.42 Å². The van der Waals surface area contributed by atoms with Crippen molar-refractivity contribution in [3.63, 3.8) is 0 Å². The minimum atomic E-state index is 0. The summed E-state index contributed by atoms with van der Waals surface area (Å²) in [5.41, 5.74) is 0.867. The van der Waals surface area contributed by atoms with Crippen molar-refractivity contribution >= 4 is 0 Å². The zero-order valence-corrected chi connectivity index (χ0v) is 11.9. The Bertz CT molecular complexity index is 341. The Morgan fingerprint density at radius 2 is 1.72 bits per heavy atom. The molecule has 2 rings (SSSR count). The average molecular weight is 284 g/mol. The van der Waals surface area contributed by atoms with Crippen LogP contribution in [0.15, 0.2) is 66.0 Å². The Labute approximate surface area is 121 Å². The van der Waals surface area contributed by atoms with Crippen molar-refractivity contribution in [3.8, 4) is 0 Å². The van der Waals surface area contributed by atoms with Gasteiger partial charge in [0.05, 0.1) is 0 Å². The van der Waals surface area contributed by atoms with Gasteiger partial charge in [-0.1, -0.05) is 50.5 Å². The summed E-state index contributed by atoms with van der Waals surface area (Å²) in [5.74, 6) is 0.286. The van der Waals surface area contributed by atoms with Gasteiger partial charge >= 0.3 is 17.1 Å². The van der Waals surface area contributed by atoms with Crippen molar-refractivity contribution in [1.29, 1.82) is 0 Å². The van der Waals surface area contributed by atoms with Gasteiger partial charge < -0.3 is 5.11 Å². The monoisotopic (exact) mass is 284 g/mol. The molecule has 0 aromatic heterocycles. The van der Waals surface area contributed by atoms with Crippen LogP contribution >= 0.6 is 0 Å². The number of allylic oxidation sites excluding steroid dienone is 6. The molecule has 1 aromatic carbocycles. The molecular formula is C16H20FeO. The summed E-state index contributed by atoms with van der Waals surface area (Å²) in [4.78, 5) is 0. The van der Waals surface area contributed by atoms with E-state index in [2.05, 4.69) is 6.92 Å². The minimum absolute atomic E-state index is 0. The Hall–Kier alpha value is -1.11. The molecule has 1 aromatic rings. The van der Waals surface area contributed by atoms with Crippen LogP contribution in [-0.4, -0.2) is 0 Å². The standard InChI is InChI=1S/C11H16O.C5H5.Fe/c1-2-3-4-9-11(12)10-7-5-6-8-10;1-2-4-5-3-1;/h5-8,12H,2-4,9H2,1H3;1-5H;/q;-1;+2/p-1. The van der Waals surface area contributed by atoms with Gasteiger partial charge in [-0.25, -0.2) is 12.1 Å². The second-order valence-electron chi connectivity index (χ2n) is 4.02. The van der Waals surface area contributed by atoms with Crippen LogP contribution in [0.2, 0.25) is 0 Å². The van der Waals surface area contributed by atoms with Gasteiger partial charge in [0.1, 0.15) is 0 Å². The molecule has 0 amide bonds. The Morgan fingerprint density at radius 1 is 1.11 bits per heavy atom. The van der Waals surface area contributed by atoms with Gasteiger partial charge in [-0.15, -0.1) is 5.76 Å². The van der Waals surface area contributed by atoms with Crippen molar-refractivity contribution in [3.05, 3.63) is 66.0 Å². The third-order valence-electron chi connectivity index (χ3n) is 2.55. The molecule has 1 nitrogen and oxygen atoms in total. The summed E-state index contributed by atoms with van der Waals surface area (Å²) in [6.45, 7) is 2.15. The van der Waals surface area contributed by atoms with E-state index in [1.807, 2.05) is 54.6 Å². The van der Waals surface area contributed by atoms with Gasteiger partial charge in [-0.2, -0.15) is 18.2 Å². The van der Waals surface area contributed by atoms with E-state index in [0.29, 0.717) is 6.42 Å². The number of unbranched alkanes of at least 4 members (excludes halogenated alkanes) is 2. The molecule has 0 N–H and O–H groups in total. The zero-order valence-electron chi connectivity index (χ0n) is 10.8. The molecule has 0 saturated carbocycles. The van der Waals surface area contributed by atoms with Crippen LogP contribution in [0.5, 0.6) is 0 Å². The summed E-state index contributed by atoms with van der Waals surface area (Å²) in [5, 5.41) is 11.4. The van der Waals surface area contributed by atoms with Gasteiger partial charge in [-0.05, 0) is 12.0 Å². The normalized spacial score (nSPS) is 11.7. The summed E-state index contributed by atoms with van der Waals surface area (Å²) in [6.07, 6.45) is 11.7. The molecule has 0 atom stereocenters. The first-order valence-electron chi connectivity index (χ1n) is 6.26. The molecular weight excluding hydrogens is 264 g/mol. The van der Waals surface area contributed by atoms with E-state index >= 15 is 0 Å². The van der Waals surface area contributed by atoms with E-state index in [9.17, 15) is 5.11 Å². The van der Waals surface area contributed by atoms with Crippen molar-refractivity contribution in [2.24, 2.45) is 0 Å². The largest absolute Gasteiger partial charge is 2.00 e. The molecule has 0 bridgehead atoms. The first-order chi connectivity index (χ1) is 8.34. The fourth-order valence-electron chi connectivity index (χ4n) is 1.56. The van der Waals surface area contributed by atoms with Gasteiger partial charge in [0.2, 0.25) is 0 Å². The maximum Gasteiger partial charge on any atom is 2.00 e. The Kier molecular flexibility index (Phi) is 10.3. The van der Waals surface area contributed by atoms with Crippen LogP contribution < -0.4 is 5.11 Å². The topological polar surface area (TPSA) is 23.1 Å². The maximum absolute atomic E-state index is 11.4. The average Bonchev–Trinajstić information content (AvgIpc) is 3.05.